The molecule has 0 amide bonds. The van der Waals surface area contributed by atoms with E-state index in [9.17, 15) is 0 Å². The van der Waals surface area contributed by atoms with Gasteiger partial charge in [-0.15, -0.1) is 0 Å². The monoisotopic (exact) mass is 287 g/mol. The summed E-state index contributed by atoms with van der Waals surface area (Å²) < 4.78 is 6.57. The minimum Gasteiger partial charge on any atom is -0.496 e. The third-order valence-corrected chi connectivity index (χ3v) is 3.00. The number of nitrogens with one attached hydrogen (secondary N) is 1. The van der Waals surface area contributed by atoms with Gasteiger partial charge in [0.05, 0.1) is 18.0 Å². The van der Waals surface area contributed by atoms with Crippen LogP contribution >= 0.6 is 22.6 Å². The normalized spacial score (nSPS) is 10.7. The van der Waals surface area contributed by atoms with Crippen LogP contribution in [0.1, 0.15) is 5.56 Å². The van der Waals surface area contributed by atoms with Crippen LogP contribution in [0.15, 0.2) is 18.3 Å². The van der Waals surface area contributed by atoms with E-state index in [4.69, 9.17) is 4.74 Å². The predicted octanol–water partition coefficient (Wildman–Crippen LogP) is 3.09. The zero-order valence-corrected chi connectivity index (χ0v) is 9.68. The molecule has 0 bridgehead atoms. The van der Waals surface area contributed by atoms with Gasteiger partial charge in [0.1, 0.15) is 5.75 Å². The molecule has 0 spiro atoms. The minimum absolute atomic E-state index is 0.975. The highest BCUT2D eigenvalue weighted by Crippen LogP contribution is 2.32. The quantitative estimate of drug-likeness (QED) is 0.801. The fourth-order valence-corrected chi connectivity index (χ4v) is 2.21. The molecule has 13 heavy (non-hydrogen) atoms. The summed E-state index contributed by atoms with van der Waals surface area (Å²) in [6.45, 7) is 2.06. The number of fused-ring (bicyclic) bond motifs is 1. The van der Waals surface area contributed by atoms with Crippen LogP contribution in [0.3, 0.4) is 0 Å². The number of rotatable bonds is 1. The lowest BCUT2D eigenvalue weighted by Gasteiger charge is -2.05. The third kappa shape index (κ3) is 1.31. The first kappa shape index (κ1) is 8.87. The second kappa shape index (κ2) is 3.21. The van der Waals surface area contributed by atoms with E-state index in [1.807, 2.05) is 6.20 Å². The summed E-state index contributed by atoms with van der Waals surface area (Å²) in [7, 11) is 1.71. The van der Waals surface area contributed by atoms with Gasteiger partial charge in [-0.3, -0.25) is 0 Å². The number of aryl methyl sites for hydroxylation is 1. The summed E-state index contributed by atoms with van der Waals surface area (Å²) in [5.74, 6) is 0.975. The van der Waals surface area contributed by atoms with E-state index in [0.717, 1.165) is 11.3 Å². The number of aromatic amines is 1. The van der Waals surface area contributed by atoms with Crippen LogP contribution < -0.4 is 4.74 Å². The minimum atomic E-state index is 0.975. The van der Waals surface area contributed by atoms with Gasteiger partial charge in [0.15, 0.2) is 0 Å². The second-order valence-electron chi connectivity index (χ2n) is 2.97. The summed E-state index contributed by atoms with van der Waals surface area (Å²) in [5.41, 5.74) is 2.30. The van der Waals surface area contributed by atoms with Crippen molar-refractivity contribution in [2.75, 3.05) is 7.11 Å². The van der Waals surface area contributed by atoms with E-state index in [1.54, 1.807) is 7.11 Å². The molecule has 0 atom stereocenters. The molecule has 1 aromatic carbocycles. The van der Waals surface area contributed by atoms with E-state index in [0.29, 0.717) is 0 Å². The first-order chi connectivity index (χ1) is 6.24. The molecule has 0 radical (unpaired) electrons. The Bertz CT molecular complexity index is 447. The highest BCUT2D eigenvalue weighted by atomic mass is 127. The van der Waals surface area contributed by atoms with Gasteiger partial charge in [-0.05, 0) is 41.1 Å². The van der Waals surface area contributed by atoms with E-state index < -0.39 is 0 Å². The molecule has 0 saturated heterocycles. The number of halogens is 1. The van der Waals surface area contributed by atoms with Gasteiger partial charge in [0.25, 0.3) is 0 Å². The molecule has 0 unspecified atom stereocenters. The van der Waals surface area contributed by atoms with Crippen molar-refractivity contribution in [1.82, 2.24) is 4.98 Å². The van der Waals surface area contributed by atoms with Gasteiger partial charge in [0, 0.05) is 9.77 Å². The first-order valence-corrected chi connectivity index (χ1v) is 5.12. The van der Waals surface area contributed by atoms with Crippen molar-refractivity contribution in [2.24, 2.45) is 0 Å². The molecule has 3 heteroatoms. The number of H-pyrrole nitrogens is 1. The van der Waals surface area contributed by atoms with Gasteiger partial charge in [-0.1, -0.05) is 6.07 Å². The molecular formula is C10H10INO. The Morgan fingerprint density at radius 2 is 2.15 bits per heavy atom. The lowest BCUT2D eigenvalue weighted by Crippen LogP contribution is -1.88. The molecule has 2 aromatic rings. The Balaban J connectivity index is 2.88. The van der Waals surface area contributed by atoms with Crippen LogP contribution in [0.25, 0.3) is 10.9 Å². The Kier molecular flexibility index (Phi) is 2.19. The van der Waals surface area contributed by atoms with Crippen molar-refractivity contribution in [2.45, 2.75) is 6.92 Å². The fourth-order valence-electron chi connectivity index (χ4n) is 1.52. The number of ether oxygens (including phenoxy) is 1. The van der Waals surface area contributed by atoms with Gasteiger partial charge in [0.2, 0.25) is 0 Å². The maximum atomic E-state index is 5.37. The van der Waals surface area contributed by atoms with Gasteiger partial charge >= 0.3 is 0 Å². The molecule has 2 rings (SSSR count). The van der Waals surface area contributed by atoms with Crippen molar-refractivity contribution in [3.05, 3.63) is 27.5 Å². The van der Waals surface area contributed by atoms with Crippen molar-refractivity contribution in [1.29, 1.82) is 0 Å². The number of hydrogen-bond acceptors (Lipinski definition) is 1. The summed E-state index contributed by atoms with van der Waals surface area (Å²) in [5, 5.41) is 1.18. The standard InChI is InChI=1S/C10H10INO/c1-6-3-4-8-9(10(6)13-2)7(11)5-12-8/h3-5,12H,1-2H3. The van der Waals surface area contributed by atoms with Crippen molar-refractivity contribution >= 4 is 33.5 Å². The zero-order valence-electron chi connectivity index (χ0n) is 7.52. The SMILES string of the molecule is COc1c(C)ccc2[nH]cc(I)c12. The van der Waals surface area contributed by atoms with Crippen LogP contribution in [-0.2, 0) is 0 Å². The summed E-state index contributed by atoms with van der Waals surface area (Å²) in [4.78, 5) is 3.20. The van der Waals surface area contributed by atoms with Gasteiger partial charge in [-0.2, -0.15) is 0 Å². The largest absolute Gasteiger partial charge is 0.496 e. The van der Waals surface area contributed by atoms with E-state index in [-0.39, 0.29) is 0 Å². The third-order valence-electron chi connectivity index (χ3n) is 2.15. The Morgan fingerprint density at radius 1 is 1.38 bits per heavy atom. The number of aromatic nitrogens is 1. The van der Waals surface area contributed by atoms with Gasteiger partial charge in [-0.25, -0.2) is 0 Å². The van der Waals surface area contributed by atoms with E-state index >= 15 is 0 Å². The summed E-state index contributed by atoms with van der Waals surface area (Å²) >= 11 is 2.31. The number of methoxy groups -OCH3 is 1. The van der Waals surface area contributed by atoms with E-state index in [1.165, 1.54) is 14.5 Å². The molecule has 1 aromatic heterocycles. The Hall–Kier alpha value is -0.710. The topological polar surface area (TPSA) is 25.0 Å². The number of hydrogen-bond donors (Lipinski definition) is 1. The molecule has 2 nitrogen and oxygen atoms in total. The lowest BCUT2D eigenvalue weighted by molar-refractivity contribution is 0.416. The Labute approximate surface area is 90.4 Å². The van der Waals surface area contributed by atoms with Crippen LogP contribution in [0, 0.1) is 10.5 Å². The molecule has 68 valence electrons. The average molecular weight is 287 g/mol. The molecule has 0 aliphatic rings. The van der Waals surface area contributed by atoms with Crippen molar-refractivity contribution in [3.8, 4) is 5.75 Å². The molecule has 1 N–H and O–H groups in total. The van der Waals surface area contributed by atoms with Crippen LogP contribution in [0.4, 0.5) is 0 Å². The molecule has 0 fully saturated rings. The fraction of sp³-hybridized carbons (Fsp3) is 0.200. The smallest absolute Gasteiger partial charge is 0.132 e. The number of benzene rings is 1. The maximum Gasteiger partial charge on any atom is 0.132 e. The summed E-state index contributed by atoms with van der Waals surface area (Å²) in [6, 6.07) is 4.14. The Morgan fingerprint density at radius 3 is 2.85 bits per heavy atom. The van der Waals surface area contributed by atoms with Crippen molar-refractivity contribution < 1.29 is 4.74 Å². The first-order valence-electron chi connectivity index (χ1n) is 4.04. The highest BCUT2D eigenvalue weighted by Gasteiger charge is 2.08. The van der Waals surface area contributed by atoms with Gasteiger partial charge < -0.3 is 9.72 Å². The molecule has 1 heterocycles. The highest BCUT2D eigenvalue weighted by molar-refractivity contribution is 14.1. The van der Waals surface area contributed by atoms with Crippen molar-refractivity contribution in [3.63, 3.8) is 0 Å². The van der Waals surface area contributed by atoms with Crippen LogP contribution in [0.2, 0.25) is 0 Å². The second-order valence-corrected chi connectivity index (χ2v) is 4.14. The van der Waals surface area contributed by atoms with E-state index in [2.05, 4.69) is 46.6 Å². The molecular weight excluding hydrogens is 277 g/mol. The average Bonchev–Trinajstić information content (AvgIpc) is 2.49. The lowest BCUT2D eigenvalue weighted by atomic mass is 10.1. The van der Waals surface area contributed by atoms with Crippen LogP contribution in [-0.4, -0.2) is 12.1 Å². The zero-order chi connectivity index (χ0) is 9.42. The molecule has 0 aliphatic carbocycles. The maximum absolute atomic E-state index is 5.37. The van der Waals surface area contributed by atoms with Crippen LogP contribution in [0.5, 0.6) is 5.75 Å². The molecule has 0 aliphatic heterocycles. The predicted molar refractivity (Wildman–Crippen MR) is 62.3 cm³/mol. The molecule has 0 saturated carbocycles. The summed E-state index contributed by atoms with van der Waals surface area (Å²) in [6.07, 6.45) is 1.99.